The van der Waals surface area contributed by atoms with Crippen LogP contribution in [0.4, 0.5) is 11.4 Å². The van der Waals surface area contributed by atoms with Crippen LogP contribution in [0, 0.1) is 18.8 Å². The van der Waals surface area contributed by atoms with Gasteiger partial charge in [-0.05, 0) is 56.5 Å². The third-order valence-electron chi connectivity index (χ3n) is 5.73. The molecule has 1 fully saturated rings. The zero-order valence-electron chi connectivity index (χ0n) is 16.2. The molecule has 2 atom stereocenters. The van der Waals surface area contributed by atoms with Gasteiger partial charge in [-0.1, -0.05) is 41.4 Å². The molecule has 1 N–H and O–H groups in total. The fraction of sp³-hybridized carbons (Fsp3) is 0.261. The number of allylic oxidation sites excluding steroid dienone is 2. The second-order valence-electron chi connectivity index (χ2n) is 7.60. The first-order chi connectivity index (χ1) is 13.9. The van der Waals surface area contributed by atoms with Crippen molar-refractivity contribution in [3.8, 4) is 0 Å². The van der Waals surface area contributed by atoms with Gasteiger partial charge in [0, 0.05) is 10.7 Å². The van der Waals surface area contributed by atoms with Crippen molar-refractivity contribution in [1.82, 2.24) is 0 Å². The molecule has 29 heavy (non-hydrogen) atoms. The Morgan fingerprint density at radius 1 is 1.03 bits per heavy atom. The van der Waals surface area contributed by atoms with Crippen molar-refractivity contribution < 1.29 is 14.4 Å². The maximum atomic E-state index is 13.1. The van der Waals surface area contributed by atoms with Crippen molar-refractivity contribution in [3.05, 3.63) is 70.3 Å². The normalized spacial score (nSPS) is 21.1. The number of carbonyl (C=O) groups is 3. The molecule has 1 saturated heterocycles. The van der Waals surface area contributed by atoms with E-state index in [1.807, 2.05) is 19.9 Å². The fourth-order valence-corrected chi connectivity index (χ4v) is 4.24. The molecule has 4 rings (SSSR count). The number of amides is 3. The zero-order valence-corrected chi connectivity index (χ0v) is 17.0. The van der Waals surface area contributed by atoms with E-state index in [-0.39, 0.29) is 29.2 Å². The number of nitrogens with one attached hydrogen (secondary N) is 1. The molecular formula is C23H21ClN2O3. The number of benzene rings is 2. The van der Waals surface area contributed by atoms with E-state index in [1.54, 1.807) is 42.5 Å². The van der Waals surface area contributed by atoms with E-state index in [2.05, 4.69) is 5.32 Å². The van der Waals surface area contributed by atoms with Crippen molar-refractivity contribution in [1.29, 1.82) is 0 Å². The summed E-state index contributed by atoms with van der Waals surface area (Å²) in [6, 6.07) is 12.0. The smallest absolute Gasteiger partial charge is 0.257 e. The lowest BCUT2D eigenvalue weighted by Crippen LogP contribution is -2.33. The molecule has 2 aromatic carbocycles. The van der Waals surface area contributed by atoms with Crippen LogP contribution in [0.2, 0.25) is 5.02 Å². The van der Waals surface area contributed by atoms with Crippen LogP contribution in [0.3, 0.4) is 0 Å². The average Bonchev–Trinajstić information content (AvgIpc) is 2.95. The van der Waals surface area contributed by atoms with Crippen LogP contribution in [0.15, 0.2) is 54.1 Å². The molecule has 2 aromatic rings. The molecule has 5 nitrogen and oxygen atoms in total. The van der Waals surface area contributed by atoms with Crippen LogP contribution in [0.5, 0.6) is 0 Å². The number of anilines is 2. The second-order valence-corrected chi connectivity index (χ2v) is 8.01. The quantitative estimate of drug-likeness (QED) is 0.588. The van der Waals surface area contributed by atoms with Gasteiger partial charge in [0.05, 0.1) is 23.1 Å². The molecule has 3 amide bonds. The highest BCUT2D eigenvalue weighted by Crippen LogP contribution is 2.40. The van der Waals surface area contributed by atoms with Crippen molar-refractivity contribution in [2.45, 2.75) is 26.7 Å². The summed E-state index contributed by atoms with van der Waals surface area (Å²) >= 11 is 6.14. The number of hydrogen-bond acceptors (Lipinski definition) is 3. The van der Waals surface area contributed by atoms with Crippen LogP contribution in [-0.2, 0) is 9.59 Å². The topological polar surface area (TPSA) is 66.5 Å². The molecule has 1 heterocycles. The molecule has 0 aromatic heterocycles. The molecule has 2 aliphatic rings. The summed E-state index contributed by atoms with van der Waals surface area (Å²) in [6.45, 7) is 3.79. The average molecular weight is 409 g/mol. The summed E-state index contributed by atoms with van der Waals surface area (Å²) in [7, 11) is 0. The zero-order chi connectivity index (χ0) is 20.7. The highest BCUT2D eigenvalue weighted by Gasteiger charge is 2.49. The second kappa shape index (κ2) is 7.48. The number of rotatable bonds is 3. The van der Waals surface area contributed by atoms with Gasteiger partial charge in [0.1, 0.15) is 0 Å². The van der Waals surface area contributed by atoms with Crippen LogP contribution < -0.4 is 10.2 Å². The first-order valence-corrected chi connectivity index (χ1v) is 9.95. The van der Waals surface area contributed by atoms with Gasteiger partial charge in [0.25, 0.3) is 5.91 Å². The Balaban J connectivity index is 1.67. The lowest BCUT2D eigenvalue weighted by molar-refractivity contribution is -0.122. The number of nitrogens with zero attached hydrogens (tertiary/aromatic N) is 1. The van der Waals surface area contributed by atoms with Crippen molar-refractivity contribution in [2.24, 2.45) is 11.8 Å². The SMILES string of the molecule is CC1=CC[C@@H]2C(=O)N(c3ccccc3C(=O)Nc3cccc(Cl)c3C)C(=O)[C@H]2C1. The van der Waals surface area contributed by atoms with Crippen molar-refractivity contribution in [2.75, 3.05) is 10.2 Å². The predicted octanol–water partition coefficient (Wildman–Crippen LogP) is 4.75. The van der Waals surface area contributed by atoms with E-state index in [4.69, 9.17) is 11.6 Å². The van der Waals surface area contributed by atoms with E-state index >= 15 is 0 Å². The summed E-state index contributed by atoms with van der Waals surface area (Å²) in [5.74, 6) is -1.55. The maximum Gasteiger partial charge on any atom is 0.257 e. The Hall–Kier alpha value is -2.92. The van der Waals surface area contributed by atoms with Crippen LogP contribution in [-0.4, -0.2) is 17.7 Å². The van der Waals surface area contributed by atoms with Gasteiger partial charge >= 0.3 is 0 Å². The number of imide groups is 1. The highest BCUT2D eigenvalue weighted by molar-refractivity contribution is 6.32. The summed E-state index contributed by atoms with van der Waals surface area (Å²) in [5, 5.41) is 3.40. The Kier molecular flexibility index (Phi) is 5.01. The van der Waals surface area contributed by atoms with E-state index in [9.17, 15) is 14.4 Å². The minimum atomic E-state index is -0.393. The fourth-order valence-electron chi connectivity index (χ4n) is 4.07. The first kappa shape index (κ1) is 19.4. The van der Waals surface area contributed by atoms with Crippen molar-refractivity contribution in [3.63, 3.8) is 0 Å². The van der Waals surface area contributed by atoms with Crippen LogP contribution >= 0.6 is 11.6 Å². The molecule has 1 aliphatic carbocycles. The van der Waals surface area contributed by atoms with Crippen molar-refractivity contribution >= 4 is 40.7 Å². The molecule has 6 heteroatoms. The molecular weight excluding hydrogens is 388 g/mol. The van der Waals surface area contributed by atoms with Gasteiger partial charge in [-0.25, -0.2) is 4.90 Å². The van der Waals surface area contributed by atoms with E-state index in [1.165, 1.54) is 4.90 Å². The molecule has 0 spiro atoms. The Morgan fingerprint density at radius 2 is 1.76 bits per heavy atom. The molecule has 0 bridgehead atoms. The van der Waals surface area contributed by atoms with Gasteiger partial charge in [-0.15, -0.1) is 0 Å². The first-order valence-electron chi connectivity index (χ1n) is 9.57. The Morgan fingerprint density at radius 3 is 2.55 bits per heavy atom. The number of fused-ring (bicyclic) bond motifs is 1. The lowest BCUT2D eigenvalue weighted by Gasteiger charge is -2.19. The molecule has 148 valence electrons. The monoisotopic (exact) mass is 408 g/mol. The highest BCUT2D eigenvalue weighted by atomic mass is 35.5. The molecule has 0 unspecified atom stereocenters. The largest absolute Gasteiger partial charge is 0.322 e. The Bertz CT molecular complexity index is 1060. The molecule has 0 radical (unpaired) electrons. The Labute approximate surface area is 174 Å². The lowest BCUT2D eigenvalue weighted by atomic mass is 9.82. The number of carbonyl (C=O) groups excluding carboxylic acids is 3. The predicted molar refractivity (Wildman–Crippen MR) is 113 cm³/mol. The van der Waals surface area contributed by atoms with E-state index in [0.717, 1.165) is 11.1 Å². The third kappa shape index (κ3) is 3.36. The molecule has 0 saturated carbocycles. The number of halogens is 1. The van der Waals surface area contributed by atoms with Gasteiger partial charge in [-0.2, -0.15) is 0 Å². The molecule has 1 aliphatic heterocycles. The maximum absolute atomic E-state index is 13.1. The van der Waals surface area contributed by atoms with E-state index in [0.29, 0.717) is 29.2 Å². The van der Waals surface area contributed by atoms with Gasteiger partial charge in [0.2, 0.25) is 11.8 Å². The summed E-state index contributed by atoms with van der Waals surface area (Å²) < 4.78 is 0. The summed E-state index contributed by atoms with van der Waals surface area (Å²) in [6.07, 6.45) is 3.17. The van der Waals surface area contributed by atoms with Crippen LogP contribution in [0.25, 0.3) is 0 Å². The van der Waals surface area contributed by atoms with Crippen LogP contribution in [0.1, 0.15) is 35.7 Å². The summed E-state index contributed by atoms with van der Waals surface area (Å²) in [5.41, 5.74) is 3.06. The van der Waals surface area contributed by atoms with Gasteiger partial charge in [0.15, 0.2) is 0 Å². The van der Waals surface area contributed by atoms with Gasteiger partial charge in [-0.3, -0.25) is 14.4 Å². The number of para-hydroxylation sites is 1. The minimum Gasteiger partial charge on any atom is -0.322 e. The minimum absolute atomic E-state index is 0.230. The summed E-state index contributed by atoms with van der Waals surface area (Å²) in [4.78, 5) is 40.3. The van der Waals surface area contributed by atoms with E-state index < -0.39 is 5.91 Å². The third-order valence-corrected chi connectivity index (χ3v) is 6.14. The van der Waals surface area contributed by atoms with Gasteiger partial charge < -0.3 is 5.32 Å². The standard InChI is InChI=1S/C23H21ClN2O3/c1-13-10-11-15-17(12-13)23(29)26(22(15)28)20-9-4-3-6-16(20)21(27)25-19-8-5-7-18(24)14(19)2/h3-10,15,17H,11-12H2,1-2H3,(H,25,27)/t15-,17-/m0/s1. The number of hydrogen-bond donors (Lipinski definition) is 1.